The molecule has 0 aliphatic carbocycles. The summed E-state index contributed by atoms with van der Waals surface area (Å²) in [6.45, 7) is 3.51. The normalized spacial score (nSPS) is 10.7. The first-order valence-electron chi connectivity index (χ1n) is 8.10. The lowest BCUT2D eigenvalue weighted by Gasteiger charge is -2.02. The largest absolute Gasteiger partial charge is 0.618 e. The van der Waals surface area contributed by atoms with Gasteiger partial charge in [-0.1, -0.05) is 30.3 Å². The first-order valence-corrected chi connectivity index (χ1v) is 8.10. The molecule has 0 radical (unpaired) electrons. The van der Waals surface area contributed by atoms with E-state index in [9.17, 15) is 5.21 Å². The number of hydrogen-bond acceptors (Lipinski definition) is 4. The molecule has 1 aromatic carbocycles. The van der Waals surface area contributed by atoms with Gasteiger partial charge in [-0.25, -0.2) is 9.50 Å². The van der Waals surface area contributed by atoms with Gasteiger partial charge in [0, 0.05) is 25.7 Å². The van der Waals surface area contributed by atoms with Gasteiger partial charge in [0.05, 0.1) is 5.69 Å². The average Bonchev–Trinajstić information content (AvgIpc) is 3.23. The van der Waals surface area contributed by atoms with Crippen LogP contribution in [0, 0.1) is 30.9 Å². The van der Waals surface area contributed by atoms with Crippen molar-refractivity contribution in [2.24, 2.45) is 7.05 Å². The van der Waals surface area contributed by atoms with Crippen LogP contribution in [0.5, 0.6) is 0 Å². The van der Waals surface area contributed by atoms with Gasteiger partial charge in [0.2, 0.25) is 23.4 Å². The Bertz CT molecular complexity index is 1180. The highest BCUT2D eigenvalue weighted by Crippen LogP contribution is 2.17. The number of aryl methyl sites for hydroxylation is 3. The number of imidazole rings is 1. The highest BCUT2D eigenvalue weighted by molar-refractivity contribution is 5.59. The molecule has 0 aliphatic heterocycles. The van der Waals surface area contributed by atoms with Crippen molar-refractivity contribution in [1.82, 2.24) is 24.1 Å². The summed E-state index contributed by atoms with van der Waals surface area (Å²) in [6, 6.07) is 9.93. The molecule has 128 valence electrons. The van der Waals surface area contributed by atoms with E-state index >= 15 is 0 Å². The van der Waals surface area contributed by atoms with E-state index in [2.05, 4.69) is 26.9 Å². The van der Waals surface area contributed by atoms with Crippen molar-refractivity contribution in [3.63, 3.8) is 0 Å². The molecule has 0 aliphatic rings. The van der Waals surface area contributed by atoms with Crippen LogP contribution >= 0.6 is 0 Å². The zero-order valence-corrected chi connectivity index (χ0v) is 14.6. The lowest BCUT2D eigenvalue weighted by molar-refractivity contribution is -0.612. The lowest BCUT2D eigenvalue weighted by Crippen LogP contribution is -2.31. The molecule has 0 bridgehead atoms. The van der Waals surface area contributed by atoms with E-state index in [0.717, 1.165) is 16.0 Å². The van der Waals surface area contributed by atoms with Crippen molar-refractivity contribution in [2.45, 2.75) is 13.8 Å². The van der Waals surface area contributed by atoms with Gasteiger partial charge in [0.15, 0.2) is 5.82 Å². The summed E-state index contributed by atoms with van der Waals surface area (Å²) in [6.07, 6.45) is 3.41. The number of rotatable bonds is 1. The quantitative estimate of drug-likeness (QED) is 0.300. The molecule has 0 spiro atoms. The molecule has 4 rings (SSSR count). The second kappa shape index (κ2) is 6.01. The molecule has 0 amide bonds. The summed E-state index contributed by atoms with van der Waals surface area (Å²) in [7, 11) is 1.90. The monoisotopic (exact) mass is 344 g/mol. The summed E-state index contributed by atoms with van der Waals surface area (Å²) in [5, 5.41) is 16.2. The minimum Gasteiger partial charge on any atom is -0.618 e. The third kappa shape index (κ3) is 2.67. The lowest BCUT2D eigenvalue weighted by atomic mass is 10.2. The van der Waals surface area contributed by atoms with Crippen LogP contribution in [0.1, 0.15) is 23.0 Å². The Kier molecular flexibility index (Phi) is 3.66. The van der Waals surface area contributed by atoms with Crippen molar-refractivity contribution in [3.05, 3.63) is 71.0 Å². The van der Waals surface area contributed by atoms with Crippen LogP contribution in [0.2, 0.25) is 0 Å². The minimum atomic E-state index is 0.353. The maximum Gasteiger partial charge on any atom is 0.234 e. The third-order valence-corrected chi connectivity index (χ3v) is 4.13. The van der Waals surface area contributed by atoms with Crippen molar-refractivity contribution in [1.29, 1.82) is 0 Å². The van der Waals surface area contributed by atoms with Crippen molar-refractivity contribution >= 4 is 5.65 Å². The Morgan fingerprint density at radius 2 is 1.85 bits per heavy atom. The van der Waals surface area contributed by atoms with E-state index in [1.807, 2.05) is 48.1 Å². The topological polar surface area (TPSA) is 74.9 Å². The number of fused-ring (bicyclic) bond motifs is 1. The Morgan fingerprint density at radius 3 is 2.62 bits per heavy atom. The second-order valence-electron chi connectivity index (χ2n) is 6.03. The first-order chi connectivity index (χ1) is 12.5. The van der Waals surface area contributed by atoms with Crippen LogP contribution in [0.3, 0.4) is 0 Å². The van der Waals surface area contributed by atoms with E-state index in [0.29, 0.717) is 28.7 Å². The summed E-state index contributed by atoms with van der Waals surface area (Å²) in [5.74, 6) is 6.93. The standard InChI is InChI=1S/C19H16N6O/c1-13-11-24(26)14(2)19-21-17(22-25(13)19)9-10-18-20-16(12-23(18)3)15-7-5-4-6-8-15/h4-8,11-12H,1-3H3. The maximum absolute atomic E-state index is 11.8. The van der Waals surface area contributed by atoms with Crippen LogP contribution in [0.4, 0.5) is 0 Å². The Morgan fingerprint density at radius 1 is 1.08 bits per heavy atom. The Labute approximate surface area is 150 Å². The molecule has 0 fully saturated rings. The molecule has 7 heteroatoms. The molecular formula is C19H16N6O. The molecule has 0 unspecified atom stereocenters. The predicted octanol–water partition coefficient (Wildman–Crippen LogP) is 1.78. The summed E-state index contributed by atoms with van der Waals surface area (Å²) in [5.41, 5.74) is 3.59. The van der Waals surface area contributed by atoms with E-state index in [4.69, 9.17) is 0 Å². The molecule has 0 N–H and O–H groups in total. The molecule has 0 saturated heterocycles. The highest BCUT2D eigenvalue weighted by atomic mass is 16.5. The van der Waals surface area contributed by atoms with E-state index in [1.54, 1.807) is 18.4 Å². The van der Waals surface area contributed by atoms with Gasteiger partial charge < -0.3 is 9.77 Å². The Balaban J connectivity index is 1.73. The molecule has 0 atom stereocenters. The number of hydrogen-bond donors (Lipinski definition) is 0. The smallest absolute Gasteiger partial charge is 0.234 e. The van der Waals surface area contributed by atoms with E-state index in [-0.39, 0.29) is 0 Å². The fourth-order valence-corrected chi connectivity index (χ4v) is 2.71. The number of aromatic nitrogens is 6. The third-order valence-electron chi connectivity index (χ3n) is 4.13. The highest BCUT2D eigenvalue weighted by Gasteiger charge is 2.14. The molecule has 7 nitrogen and oxygen atoms in total. The second-order valence-corrected chi connectivity index (χ2v) is 6.03. The fourth-order valence-electron chi connectivity index (χ4n) is 2.71. The number of nitrogens with zero attached hydrogens (tertiary/aromatic N) is 6. The average molecular weight is 344 g/mol. The van der Waals surface area contributed by atoms with Gasteiger partial charge in [-0.3, -0.25) is 0 Å². The van der Waals surface area contributed by atoms with Gasteiger partial charge >= 0.3 is 0 Å². The first kappa shape index (κ1) is 15.8. The molecule has 3 aromatic heterocycles. The van der Waals surface area contributed by atoms with Crippen LogP contribution in [-0.4, -0.2) is 24.1 Å². The van der Waals surface area contributed by atoms with Gasteiger partial charge in [0.1, 0.15) is 5.69 Å². The zero-order chi connectivity index (χ0) is 18.3. The van der Waals surface area contributed by atoms with Crippen LogP contribution in [0.15, 0.2) is 42.7 Å². The van der Waals surface area contributed by atoms with Crippen molar-refractivity contribution < 1.29 is 4.73 Å². The molecule has 4 aromatic rings. The van der Waals surface area contributed by atoms with Gasteiger partial charge in [0.25, 0.3) is 0 Å². The SMILES string of the molecule is Cc1c[n+]([O-])c(C)c2nc(C#Cc3nc(-c4ccccc4)cn3C)nn12. The van der Waals surface area contributed by atoms with Crippen molar-refractivity contribution in [3.8, 4) is 23.1 Å². The summed E-state index contributed by atoms with van der Waals surface area (Å²) >= 11 is 0. The number of benzene rings is 1. The summed E-state index contributed by atoms with van der Waals surface area (Å²) in [4.78, 5) is 8.94. The van der Waals surface area contributed by atoms with Crippen LogP contribution < -0.4 is 4.73 Å². The maximum atomic E-state index is 11.8. The van der Waals surface area contributed by atoms with E-state index in [1.165, 1.54) is 6.20 Å². The predicted molar refractivity (Wildman–Crippen MR) is 96.0 cm³/mol. The summed E-state index contributed by atoms with van der Waals surface area (Å²) < 4.78 is 4.29. The Hall–Kier alpha value is -3.66. The molecule has 3 heterocycles. The van der Waals surface area contributed by atoms with Crippen molar-refractivity contribution in [2.75, 3.05) is 0 Å². The van der Waals surface area contributed by atoms with Crippen LogP contribution in [-0.2, 0) is 7.05 Å². The van der Waals surface area contributed by atoms with Gasteiger partial charge in [-0.05, 0) is 18.8 Å². The van der Waals surface area contributed by atoms with E-state index < -0.39 is 0 Å². The molecule has 0 saturated carbocycles. The fraction of sp³-hybridized carbons (Fsp3) is 0.158. The molecule has 26 heavy (non-hydrogen) atoms. The van der Waals surface area contributed by atoms with Gasteiger partial charge in [-0.2, -0.15) is 9.71 Å². The molecular weight excluding hydrogens is 328 g/mol. The van der Waals surface area contributed by atoms with Crippen LogP contribution in [0.25, 0.3) is 16.9 Å². The zero-order valence-electron chi connectivity index (χ0n) is 14.6. The minimum absolute atomic E-state index is 0.353. The van der Waals surface area contributed by atoms with Gasteiger partial charge in [-0.15, -0.1) is 5.10 Å².